The zero-order valence-electron chi connectivity index (χ0n) is 12.2. The van der Waals surface area contributed by atoms with Gasteiger partial charge in [-0.1, -0.05) is 0 Å². The minimum atomic E-state index is -3.94. The van der Waals surface area contributed by atoms with Crippen molar-refractivity contribution in [3.63, 3.8) is 0 Å². The van der Waals surface area contributed by atoms with Gasteiger partial charge in [0.15, 0.2) is 0 Å². The molecule has 0 amide bonds. The van der Waals surface area contributed by atoms with E-state index in [0.717, 1.165) is 0 Å². The van der Waals surface area contributed by atoms with Gasteiger partial charge in [-0.15, -0.1) is 0 Å². The second-order valence-corrected chi connectivity index (χ2v) is 11.7. The summed E-state index contributed by atoms with van der Waals surface area (Å²) in [5.74, 6) is 0. The van der Waals surface area contributed by atoms with Crippen molar-refractivity contribution in [1.29, 1.82) is 0 Å². The first-order valence-electron chi connectivity index (χ1n) is 6.09. The van der Waals surface area contributed by atoms with Gasteiger partial charge in [0.25, 0.3) is 0 Å². The van der Waals surface area contributed by atoms with Crippen molar-refractivity contribution in [1.82, 2.24) is 4.67 Å². The molecule has 0 aromatic heterocycles. The van der Waals surface area contributed by atoms with E-state index in [2.05, 4.69) is 0 Å². The molecule has 0 fully saturated rings. The molecule has 16 heavy (non-hydrogen) atoms. The summed E-state index contributed by atoms with van der Waals surface area (Å²) in [4.78, 5) is 22.4. The number of hydrogen-bond donors (Lipinski definition) is 2. The summed E-state index contributed by atoms with van der Waals surface area (Å²) in [6, 6.07) is 0. The molecule has 3 nitrogen and oxygen atoms in total. The van der Waals surface area contributed by atoms with Gasteiger partial charge in [0.05, 0.1) is 0 Å². The van der Waals surface area contributed by atoms with Crippen LogP contribution in [0.2, 0.25) is 0 Å². The van der Waals surface area contributed by atoms with E-state index in [0.29, 0.717) is 13.1 Å². The van der Waals surface area contributed by atoms with Crippen LogP contribution in [0.5, 0.6) is 0 Å². The quantitative estimate of drug-likeness (QED) is 0.757. The first kappa shape index (κ1) is 16.3. The molecule has 0 unspecified atom stereocenters. The third kappa shape index (κ3) is 1.92. The fourth-order valence-electron chi connectivity index (χ4n) is 2.61. The van der Waals surface area contributed by atoms with E-state index in [1.165, 1.54) is 0 Å². The Hall–Kier alpha value is 0.310. The van der Waals surface area contributed by atoms with Crippen molar-refractivity contribution >= 4 is 7.21 Å². The van der Waals surface area contributed by atoms with Gasteiger partial charge in [-0.2, -0.15) is 0 Å². The molecule has 0 aromatic rings. The SMILES string of the molecule is CCN(CC)P(O)(O)(C(C)(C)C)C(C)(C)C. The first-order valence-corrected chi connectivity index (χ1v) is 8.19. The summed E-state index contributed by atoms with van der Waals surface area (Å²) in [6.07, 6.45) is 0. The monoisotopic (exact) mass is 251 g/mol. The zero-order valence-corrected chi connectivity index (χ0v) is 13.1. The molecule has 100 valence electrons. The minimum absolute atomic E-state index is 0.532. The van der Waals surface area contributed by atoms with Crippen LogP contribution < -0.4 is 0 Å². The third-order valence-corrected chi connectivity index (χ3v) is 10.3. The average molecular weight is 251 g/mol. The maximum atomic E-state index is 11.2. The Balaban J connectivity index is 5.91. The van der Waals surface area contributed by atoms with Crippen LogP contribution in [0.25, 0.3) is 0 Å². The summed E-state index contributed by atoms with van der Waals surface area (Å²) in [5.41, 5.74) is 0. The summed E-state index contributed by atoms with van der Waals surface area (Å²) >= 11 is 0. The van der Waals surface area contributed by atoms with Crippen LogP contribution in [0.4, 0.5) is 0 Å². The Bertz CT molecular complexity index is 229. The fourth-order valence-corrected chi connectivity index (χ4v) is 7.40. The fraction of sp³-hybridized carbons (Fsp3) is 1.00. The Labute approximate surface area is 101 Å². The molecule has 0 aliphatic heterocycles. The average Bonchev–Trinajstić information content (AvgIpc) is 2.01. The molecule has 0 aliphatic rings. The van der Waals surface area contributed by atoms with E-state index in [1.54, 1.807) is 0 Å². The van der Waals surface area contributed by atoms with Gasteiger partial charge in [0.1, 0.15) is 0 Å². The standard InChI is InChI=1S/C12H30NO2P/c1-9-13(10-2)16(14,15,11(3,4)5)12(6,7)8/h14-15H,9-10H2,1-8H3. The van der Waals surface area contributed by atoms with Gasteiger partial charge >= 0.3 is 100 Å². The molecule has 0 heterocycles. The van der Waals surface area contributed by atoms with Crippen LogP contribution in [0, 0.1) is 0 Å². The predicted octanol–water partition coefficient (Wildman–Crippen LogP) is 3.21. The molecular formula is C12H30NO2P. The number of hydrogen-bond acceptors (Lipinski definition) is 3. The molecule has 0 saturated heterocycles. The Morgan fingerprint density at radius 1 is 0.812 bits per heavy atom. The van der Waals surface area contributed by atoms with Crippen molar-refractivity contribution in [3.8, 4) is 0 Å². The molecule has 0 aromatic carbocycles. The molecule has 0 bridgehead atoms. The van der Waals surface area contributed by atoms with Crippen molar-refractivity contribution in [2.75, 3.05) is 13.1 Å². The van der Waals surface area contributed by atoms with E-state index in [-0.39, 0.29) is 0 Å². The second-order valence-electron chi connectivity index (χ2n) is 6.46. The van der Waals surface area contributed by atoms with E-state index in [9.17, 15) is 9.79 Å². The predicted molar refractivity (Wildman–Crippen MR) is 73.8 cm³/mol. The van der Waals surface area contributed by atoms with Crippen molar-refractivity contribution in [2.45, 2.75) is 65.7 Å². The molecule has 0 saturated carbocycles. The number of nitrogens with zero attached hydrogens (tertiary/aromatic N) is 1. The Morgan fingerprint density at radius 2 is 1.06 bits per heavy atom. The summed E-state index contributed by atoms with van der Waals surface area (Å²) < 4.78 is 1.87. The molecule has 4 heteroatoms. The van der Waals surface area contributed by atoms with Gasteiger partial charge < -0.3 is 0 Å². The Morgan fingerprint density at radius 3 is 1.12 bits per heavy atom. The molecular weight excluding hydrogens is 221 g/mol. The van der Waals surface area contributed by atoms with Gasteiger partial charge in [0, 0.05) is 0 Å². The normalized spacial score (nSPS) is 17.3. The summed E-state index contributed by atoms with van der Waals surface area (Å²) in [5, 5.41) is -1.06. The van der Waals surface area contributed by atoms with Crippen LogP contribution in [-0.4, -0.2) is 37.9 Å². The molecule has 0 aliphatic carbocycles. The maximum absolute atomic E-state index is 11.2. The summed E-state index contributed by atoms with van der Waals surface area (Å²) in [6.45, 7) is 16.8. The van der Waals surface area contributed by atoms with E-state index in [1.807, 2.05) is 60.1 Å². The van der Waals surface area contributed by atoms with Crippen LogP contribution in [-0.2, 0) is 0 Å². The number of rotatable bonds is 3. The van der Waals surface area contributed by atoms with E-state index >= 15 is 0 Å². The molecule has 0 atom stereocenters. The van der Waals surface area contributed by atoms with Crippen LogP contribution in [0.3, 0.4) is 0 Å². The molecule has 0 rings (SSSR count). The second kappa shape index (κ2) is 4.20. The topological polar surface area (TPSA) is 43.7 Å². The van der Waals surface area contributed by atoms with Gasteiger partial charge in [-0.3, -0.25) is 0 Å². The van der Waals surface area contributed by atoms with Gasteiger partial charge in [0.2, 0.25) is 0 Å². The van der Waals surface area contributed by atoms with Crippen LogP contribution in [0.1, 0.15) is 55.4 Å². The molecule has 2 N–H and O–H groups in total. The van der Waals surface area contributed by atoms with Gasteiger partial charge in [-0.25, -0.2) is 0 Å². The van der Waals surface area contributed by atoms with Crippen LogP contribution >= 0.6 is 7.21 Å². The molecule has 0 radical (unpaired) electrons. The Kier molecular flexibility index (Phi) is 4.28. The van der Waals surface area contributed by atoms with Crippen molar-refractivity contribution < 1.29 is 9.79 Å². The van der Waals surface area contributed by atoms with Crippen molar-refractivity contribution in [2.24, 2.45) is 0 Å². The zero-order chi connectivity index (χ0) is 13.4. The summed E-state index contributed by atoms with van der Waals surface area (Å²) in [7, 11) is -3.94. The van der Waals surface area contributed by atoms with E-state index < -0.39 is 17.5 Å². The van der Waals surface area contributed by atoms with Gasteiger partial charge in [-0.05, 0) is 0 Å². The molecule has 0 spiro atoms. The van der Waals surface area contributed by atoms with Crippen LogP contribution in [0.15, 0.2) is 0 Å². The van der Waals surface area contributed by atoms with E-state index in [4.69, 9.17) is 0 Å². The first-order chi connectivity index (χ1) is 6.83. The van der Waals surface area contributed by atoms with Crippen molar-refractivity contribution in [3.05, 3.63) is 0 Å². The third-order valence-electron chi connectivity index (χ3n) is 3.74.